The summed E-state index contributed by atoms with van der Waals surface area (Å²) in [4.78, 5) is 25.6. The smallest absolute Gasteiger partial charge is 0.302 e. The summed E-state index contributed by atoms with van der Waals surface area (Å²) in [6, 6.07) is 6.88. The monoisotopic (exact) mass is 437 g/mol. The van der Waals surface area contributed by atoms with Crippen molar-refractivity contribution in [2.45, 2.75) is 19.2 Å². The summed E-state index contributed by atoms with van der Waals surface area (Å²) in [6.45, 7) is 2.57. The molecule has 0 spiro atoms. The van der Waals surface area contributed by atoms with Crippen LogP contribution in [0.1, 0.15) is 22.3 Å². The van der Waals surface area contributed by atoms with Crippen LogP contribution in [0.4, 0.5) is 14.5 Å². The number of amides is 1. The van der Waals surface area contributed by atoms with Gasteiger partial charge in [-0.3, -0.25) is 9.78 Å². The molecule has 0 aliphatic carbocycles. The molecule has 152 valence electrons. The first-order valence-electron chi connectivity index (χ1n) is 8.53. The molecule has 0 fully saturated rings. The molecule has 0 aliphatic heterocycles. The van der Waals surface area contributed by atoms with Crippen LogP contribution < -0.4 is 14.8 Å². The summed E-state index contributed by atoms with van der Waals surface area (Å²) in [5.41, 5.74) is 1.87. The maximum Gasteiger partial charge on any atom is 0.302 e. The van der Waals surface area contributed by atoms with E-state index in [1.807, 2.05) is 6.92 Å². The van der Waals surface area contributed by atoms with E-state index in [1.165, 1.54) is 17.5 Å². The van der Waals surface area contributed by atoms with Crippen LogP contribution >= 0.6 is 23.3 Å². The molecule has 0 radical (unpaired) electrons. The lowest BCUT2D eigenvalue weighted by Gasteiger charge is -2.07. The van der Waals surface area contributed by atoms with Crippen molar-refractivity contribution in [2.75, 3.05) is 11.3 Å². The van der Waals surface area contributed by atoms with Crippen LogP contribution in [-0.4, -0.2) is 33.2 Å². The van der Waals surface area contributed by atoms with Crippen LogP contribution in [-0.2, 0) is 6.54 Å². The van der Waals surface area contributed by atoms with Crippen molar-refractivity contribution in [3.05, 3.63) is 53.4 Å². The van der Waals surface area contributed by atoms with Gasteiger partial charge in [0.1, 0.15) is 5.69 Å². The van der Waals surface area contributed by atoms with Gasteiger partial charge in [0.2, 0.25) is 5.88 Å². The van der Waals surface area contributed by atoms with Gasteiger partial charge in [0.05, 0.1) is 23.9 Å². The second-order valence-electron chi connectivity index (χ2n) is 5.57. The average molecular weight is 437 g/mol. The number of nitrogens with one attached hydrogen (secondary N) is 2. The number of carbonyl (C=O) groups is 1. The second kappa shape index (κ2) is 10.1. The third-order valence-corrected chi connectivity index (χ3v) is 5.05. The molecule has 0 aliphatic rings. The fourth-order valence-corrected chi connectivity index (χ4v) is 3.44. The van der Waals surface area contributed by atoms with Crippen LogP contribution in [0, 0.1) is 0 Å². The quantitative estimate of drug-likeness (QED) is 0.485. The van der Waals surface area contributed by atoms with Gasteiger partial charge in [0, 0.05) is 30.4 Å². The number of hydrogen-bond acceptors (Lipinski definition) is 8. The molecule has 11 heteroatoms. The van der Waals surface area contributed by atoms with Crippen LogP contribution in [0.15, 0.2) is 42.9 Å². The van der Waals surface area contributed by atoms with E-state index in [0.29, 0.717) is 40.7 Å². The minimum absolute atomic E-state index is 0.238. The molecule has 7 nitrogen and oxygen atoms in total. The summed E-state index contributed by atoms with van der Waals surface area (Å²) in [6.07, 6.45) is 4.66. The van der Waals surface area contributed by atoms with Crippen LogP contribution in [0.3, 0.4) is 0 Å². The SMILES string of the molecule is CCOc1cncc(-c2cnc(C(=O)NCc3cccc(NSC(F)F)c3)s2)n1. The highest BCUT2D eigenvalue weighted by Gasteiger charge is 2.14. The zero-order chi connectivity index (χ0) is 20.6. The van der Waals surface area contributed by atoms with Gasteiger partial charge < -0.3 is 14.8 Å². The van der Waals surface area contributed by atoms with E-state index < -0.39 is 5.76 Å². The minimum Gasteiger partial charge on any atom is -0.477 e. The van der Waals surface area contributed by atoms with E-state index in [-0.39, 0.29) is 17.5 Å². The Balaban J connectivity index is 1.61. The topological polar surface area (TPSA) is 89.0 Å². The molecule has 0 saturated heterocycles. The lowest BCUT2D eigenvalue weighted by molar-refractivity contribution is 0.0950. The molecule has 3 rings (SSSR count). The fraction of sp³-hybridized carbons (Fsp3) is 0.222. The van der Waals surface area contributed by atoms with E-state index in [0.717, 1.165) is 5.56 Å². The number of nitrogens with zero attached hydrogens (tertiary/aromatic N) is 3. The molecular weight excluding hydrogens is 420 g/mol. The standard InChI is InChI=1S/C18H17F2N5O2S2/c1-2-27-15-10-21-8-13(24-15)14-9-23-17(28-14)16(26)22-7-11-4-3-5-12(6-11)25-29-18(19)20/h3-6,8-10,18,25H,2,7H2,1H3,(H,22,26). The molecule has 0 atom stereocenters. The molecule has 2 aromatic heterocycles. The predicted molar refractivity (Wildman–Crippen MR) is 109 cm³/mol. The van der Waals surface area contributed by atoms with Crippen LogP contribution in [0.2, 0.25) is 0 Å². The first kappa shape index (κ1) is 20.9. The highest BCUT2D eigenvalue weighted by Crippen LogP contribution is 2.25. The van der Waals surface area contributed by atoms with Crippen molar-refractivity contribution < 1.29 is 18.3 Å². The third-order valence-electron chi connectivity index (χ3n) is 3.50. The number of aromatic nitrogens is 3. The number of rotatable bonds is 9. The molecule has 3 aromatic rings. The molecular formula is C18H17F2N5O2S2. The van der Waals surface area contributed by atoms with Crippen molar-refractivity contribution in [3.63, 3.8) is 0 Å². The second-order valence-corrected chi connectivity index (χ2v) is 7.40. The number of benzene rings is 1. The van der Waals surface area contributed by atoms with Crippen LogP contribution in [0.5, 0.6) is 5.88 Å². The number of ether oxygens (including phenoxy) is 1. The summed E-state index contributed by atoms with van der Waals surface area (Å²) in [5.74, 6) is -2.45. The molecule has 2 N–H and O–H groups in total. The zero-order valence-electron chi connectivity index (χ0n) is 15.3. The number of halogens is 2. The molecule has 2 heterocycles. The number of hydrogen-bond donors (Lipinski definition) is 2. The first-order valence-corrected chi connectivity index (χ1v) is 10.2. The van der Waals surface area contributed by atoms with Crippen LogP contribution in [0.25, 0.3) is 10.6 Å². The normalized spacial score (nSPS) is 10.8. The highest BCUT2D eigenvalue weighted by atomic mass is 32.2. The minimum atomic E-state index is -2.52. The Labute approximate surface area is 174 Å². The third kappa shape index (κ3) is 6.09. The van der Waals surface area contributed by atoms with Gasteiger partial charge in [-0.2, -0.15) is 8.78 Å². The van der Waals surface area contributed by atoms with Crippen molar-refractivity contribution in [2.24, 2.45) is 0 Å². The summed E-state index contributed by atoms with van der Waals surface area (Å²) < 4.78 is 32.4. The van der Waals surface area contributed by atoms with Gasteiger partial charge in [-0.05, 0) is 24.6 Å². The van der Waals surface area contributed by atoms with E-state index in [9.17, 15) is 13.6 Å². The van der Waals surface area contributed by atoms with Gasteiger partial charge in [-0.1, -0.05) is 12.1 Å². The highest BCUT2D eigenvalue weighted by molar-refractivity contribution is 8.00. The van der Waals surface area contributed by atoms with E-state index >= 15 is 0 Å². The fourth-order valence-electron chi connectivity index (χ4n) is 2.30. The Morgan fingerprint density at radius 1 is 1.31 bits per heavy atom. The maximum atomic E-state index is 12.4. The van der Waals surface area contributed by atoms with Crippen molar-refractivity contribution in [1.82, 2.24) is 20.3 Å². The van der Waals surface area contributed by atoms with E-state index in [4.69, 9.17) is 4.74 Å². The van der Waals surface area contributed by atoms with Gasteiger partial charge in [-0.15, -0.1) is 11.3 Å². The molecule has 0 bridgehead atoms. The Hall–Kier alpha value is -2.79. The lowest BCUT2D eigenvalue weighted by atomic mass is 10.2. The van der Waals surface area contributed by atoms with Crippen molar-refractivity contribution in [3.8, 4) is 16.5 Å². The number of anilines is 1. The molecule has 1 amide bonds. The molecule has 0 saturated carbocycles. The van der Waals surface area contributed by atoms with Gasteiger partial charge in [0.15, 0.2) is 5.01 Å². The van der Waals surface area contributed by atoms with Crippen molar-refractivity contribution in [1.29, 1.82) is 0 Å². The summed E-state index contributed by atoms with van der Waals surface area (Å²) in [5, 5.41) is 3.05. The molecule has 0 unspecified atom stereocenters. The predicted octanol–water partition coefficient (Wildman–Crippen LogP) is 4.21. The Bertz CT molecular complexity index is 971. The van der Waals surface area contributed by atoms with Crippen molar-refractivity contribution >= 4 is 34.9 Å². The first-order chi connectivity index (χ1) is 14.0. The Morgan fingerprint density at radius 3 is 2.97 bits per heavy atom. The summed E-state index contributed by atoms with van der Waals surface area (Å²) in [7, 11) is 0. The van der Waals surface area contributed by atoms with E-state index in [2.05, 4.69) is 25.0 Å². The number of alkyl halides is 2. The lowest BCUT2D eigenvalue weighted by Crippen LogP contribution is -2.22. The number of carbonyl (C=O) groups excluding carboxylic acids is 1. The maximum absolute atomic E-state index is 12.4. The summed E-state index contributed by atoms with van der Waals surface area (Å²) >= 11 is 1.51. The Morgan fingerprint density at radius 2 is 2.17 bits per heavy atom. The number of thiazole rings is 1. The van der Waals surface area contributed by atoms with Gasteiger partial charge >= 0.3 is 5.76 Å². The zero-order valence-corrected chi connectivity index (χ0v) is 16.9. The van der Waals surface area contributed by atoms with E-state index in [1.54, 1.807) is 36.7 Å². The largest absolute Gasteiger partial charge is 0.477 e. The molecule has 29 heavy (non-hydrogen) atoms. The molecule has 1 aromatic carbocycles. The average Bonchev–Trinajstić information content (AvgIpc) is 3.22. The van der Waals surface area contributed by atoms with Gasteiger partial charge in [-0.25, -0.2) is 9.97 Å². The van der Waals surface area contributed by atoms with Gasteiger partial charge in [0.25, 0.3) is 5.91 Å². The Kier molecular flexibility index (Phi) is 7.30.